The Balaban J connectivity index is 2.08. The minimum absolute atomic E-state index is 0.0224. The van der Waals surface area contributed by atoms with Crippen molar-refractivity contribution < 1.29 is 9.47 Å². The summed E-state index contributed by atoms with van der Waals surface area (Å²) in [4.78, 5) is 0. The smallest absolute Gasteiger partial charge is 0.158 e. The van der Waals surface area contributed by atoms with Crippen LogP contribution in [0.5, 0.6) is 0 Å². The van der Waals surface area contributed by atoms with Crippen LogP contribution in [-0.2, 0) is 9.47 Å². The molecule has 1 saturated heterocycles. The summed E-state index contributed by atoms with van der Waals surface area (Å²) in [6.07, 6.45) is 6.41. The van der Waals surface area contributed by atoms with Crippen LogP contribution in [0.25, 0.3) is 0 Å². The van der Waals surface area contributed by atoms with Crippen LogP contribution in [0.3, 0.4) is 0 Å². The van der Waals surface area contributed by atoms with E-state index in [0.29, 0.717) is 18.6 Å². The molecule has 1 heterocycles. The summed E-state index contributed by atoms with van der Waals surface area (Å²) in [5, 5.41) is 8.38. The molecule has 0 aliphatic carbocycles. The second-order valence-corrected chi connectivity index (χ2v) is 4.32. The maximum atomic E-state index is 8.38. The summed E-state index contributed by atoms with van der Waals surface area (Å²) in [5.41, 5.74) is 0. The Kier molecular flexibility index (Phi) is 5.67. The third kappa shape index (κ3) is 5.15. The third-order valence-corrected chi connectivity index (χ3v) is 2.66. The summed E-state index contributed by atoms with van der Waals surface area (Å²) in [6, 6.07) is 2.16. The van der Waals surface area contributed by atoms with Crippen LogP contribution in [0, 0.1) is 11.3 Å². The fourth-order valence-electron chi connectivity index (χ4n) is 1.96. The van der Waals surface area contributed by atoms with Gasteiger partial charge in [0.25, 0.3) is 0 Å². The van der Waals surface area contributed by atoms with E-state index in [4.69, 9.17) is 14.7 Å². The standard InChI is InChI=1S/C12H21NO2/c1-10-9-11(2)15-12(14-10)7-5-3-4-6-8-13/h10-12H,3-7,9H2,1-2H3/t10-,11-/m1/s1. The molecule has 0 N–H and O–H groups in total. The van der Waals surface area contributed by atoms with Gasteiger partial charge in [-0.2, -0.15) is 5.26 Å². The largest absolute Gasteiger partial charge is 0.350 e. The topological polar surface area (TPSA) is 42.2 Å². The zero-order valence-electron chi connectivity index (χ0n) is 9.74. The lowest BCUT2D eigenvalue weighted by molar-refractivity contribution is -0.236. The Labute approximate surface area is 92.4 Å². The highest BCUT2D eigenvalue weighted by Gasteiger charge is 2.23. The van der Waals surface area contributed by atoms with E-state index in [9.17, 15) is 0 Å². The van der Waals surface area contributed by atoms with E-state index in [0.717, 1.165) is 32.1 Å². The number of rotatable bonds is 5. The molecule has 0 aromatic heterocycles. The minimum atomic E-state index is -0.0224. The normalized spacial score (nSPS) is 31.1. The van der Waals surface area contributed by atoms with E-state index in [2.05, 4.69) is 19.9 Å². The van der Waals surface area contributed by atoms with Crippen LogP contribution in [0.4, 0.5) is 0 Å². The second-order valence-electron chi connectivity index (χ2n) is 4.32. The van der Waals surface area contributed by atoms with Gasteiger partial charge in [-0.15, -0.1) is 0 Å². The van der Waals surface area contributed by atoms with Crippen molar-refractivity contribution in [2.45, 2.75) is 70.9 Å². The van der Waals surface area contributed by atoms with Crippen molar-refractivity contribution in [3.8, 4) is 6.07 Å². The summed E-state index contributed by atoms with van der Waals surface area (Å²) in [6.45, 7) is 4.20. The Hall–Kier alpha value is -0.590. The molecular formula is C12H21NO2. The molecule has 0 saturated carbocycles. The average molecular weight is 211 g/mol. The monoisotopic (exact) mass is 211 g/mol. The average Bonchev–Trinajstić information content (AvgIpc) is 2.16. The van der Waals surface area contributed by atoms with E-state index in [1.54, 1.807) is 0 Å². The van der Waals surface area contributed by atoms with Crippen molar-refractivity contribution >= 4 is 0 Å². The lowest BCUT2D eigenvalue weighted by Crippen LogP contribution is -2.35. The molecule has 0 amide bonds. The first-order valence-corrected chi connectivity index (χ1v) is 5.90. The highest BCUT2D eigenvalue weighted by atomic mass is 16.7. The summed E-state index contributed by atoms with van der Waals surface area (Å²) >= 11 is 0. The molecule has 86 valence electrons. The first-order valence-electron chi connectivity index (χ1n) is 5.90. The van der Waals surface area contributed by atoms with Gasteiger partial charge in [0.15, 0.2) is 6.29 Å². The summed E-state index contributed by atoms with van der Waals surface area (Å²) in [7, 11) is 0. The number of hydrogen-bond acceptors (Lipinski definition) is 3. The predicted octanol–water partition coefficient (Wildman–Crippen LogP) is 3.00. The highest BCUT2D eigenvalue weighted by Crippen LogP contribution is 2.21. The molecule has 1 aliphatic heterocycles. The summed E-state index contributed by atoms with van der Waals surface area (Å²) in [5.74, 6) is 0. The van der Waals surface area contributed by atoms with E-state index in [-0.39, 0.29) is 6.29 Å². The van der Waals surface area contributed by atoms with Gasteiger partial charge in [-0.05, 0) is 39.5 Å². The predicted molar refractivity (Wildman–Crippen MR) is 58.2 cm³/mol. The zero-order valence-corrected chi connectivity index (χ0v) is 9.74. The van der Waals surface area contributed by atoms with Crippen LogP contribution in [0.15, 0.2) is 0 Å². The Morgan fingerprint density at radius 3 is 2.40 bits per heavy atom. The van der Waals surface area contributed by atoms with Crippen LogP contribution in [-0.4, -0.2) is 18.5 Å². The Bertz CT molecular complexity index is 202. The molecule has 15 heavy (non-hydrogen) atoms. The molecule has 1 aliphatic rings. The van der Waals surface area contributed by atoms with Crippen LogP contribution >= 0.6 is 0 Å². The van der Waals surface area contributed by atoms with Crippen molar-refractivity contribution in [2.75, 3.05) is 0 Å². The lowest BCUT2D eigenvalue weighted by Gasteiger charge is -2.32. The lowest BCUT2D eigenvalue weighted by atomic mass is 10.1. The molecular weight excluding hydrogens is 190 g/mol. The number of ether oxygens (including phenoxy) is 2. The molecule has 0 unspecified atom stereocenters. The van der Waals surface area contributed by atoms with Crippen molar-refractivity contribution in [1.29, 1.82) is 5.26 Å². The Morgan fingerprint density at radius 2 is 1.80 bits per heavy atom. The van der Waals surface area contributed by atoms with E-state index in [1.165, 1.54) is 0 Å². The number of nitrogens with zero attached hydrogens (tertiary/aromatic N) is 1. The van der Waals surface area contributed by atoms with E-state index < -0.39 is 0 Å². The van der Waals surface area contributed by atoms with Gasteiger partial charge in [-0.1, -0.05) is 6.42 Å². The van der Waals surface area contributed by atoms with Gasteiger partial charge in [0, 0.05) is 6.42 Å². The fraction of sp³-hybridized carbons (Fsp3) is 0.917. The van der Waals surface area contributed by atoms with Gasteiger partial charge in [0.05, 0.1) is 18.3 Å². The quantitative estimate of drug-likeness (QED) is 0.656. The molecule has 3 nitrogen and oxygen atoms in total. The molecule has 2 atom stereocenters. The molecule has 0 radical (unpaired) electrons. The zero-order chi connectivity index (χ0) is 11.1. The van der Waals surface area contributed by atoms with Crippen molar-refractivity contribution in [2.24, 2.45) is 0 Å². The third-order valence-electron chi connectivity index (χ3n) is 2.66. The van der Waals surface area contributed by atoms with E-state index in [1.807, 2.05) is 0 Å². The second kappa shape index (κ2) is 6.81. The van der Waals surface area contributed by atoms with Crippen LogP contribution in [0.2, 0.25) is 0 Å². The molecule has 1 fully saturated rings. The fourth-order valence-corrected chi connectivity index (χ4v) is 1.96. The number of unbranched alkanes of at least 4 members (excludes halogenated alkanes) is 3. The molecule has 0 bridgehead atoms. The van der Waals surface area contributed by atoms with Crippen LogP contribution < -0.4 is 0 Å². The van der Waals surface area contributed by atoms with Gasteiger partial charge in [-0.3, -0.25) is 0 Å². The van der Waals surface area contributed by atoms with Gasteiger partial charge < -0.3 is 9.47 Å². The van der Waals surface area contributed by atoms with E-state index >= 15 is 0 Å². The van der Waals surface area contributed by atoms with Crippen molar-refractivity contribution in [3.05, 3.63) is 0 Å². The first kappa shape index (κ1) is 12.5. The molecule has 0 aromatic rings. The number of nitriles is 1. The number of hydrogen-bond donors (Lipinski definition) is 0. The van der Waals surface area contributed by atoms with Gasteiger partial charge in [0.1, 0.15) is 0 Å². The molecule has 1 rings (SSSR count). The highest BCUT2D eigenvalue weighted by molar-refractivity contribution is 4.69. The van der Waals surface area contributed by atoms with Gasteiger partial charge in [0.2, 0.25) is 0 Å². The molecule has 3 heteroatoms. The Morgan fingerprint density at radius 1 is 1.13 bits per heavy atom. The first-order chi connectivity index (χ1) is 7.22. The van der Waals surface area contributed by atoms with Crippen LogP contribution in [0.1, 0.15) is 52.4 Å². The van der Waals surface area contributed by atoms with Crippen molar-refractivity contribution in [3.63, 3.8) is 0 Å². The van der Waals surface area contributed by atoms with Crippen molar-refractivity contribution in [1.82, 2.24) is 0 Å². The van der Waals surface area contributed by atoms with Gasteiger partial charge in [-0.25, -0.2) is 0 Å². The van der Waals surface area contributed by atoms with Gasteiger partial charge >= 0.3 is 0 Å². The summed E-state index contributed by atoms with van der Waals surface area (Å²) < 4.78 is 11.4. The molecule has 0 spiro atoms. The SMILES string of the molecule is C[C@@H]1C[C@@H](C)OC(CCCCCC#N)O1. The molecule has 0 aromatic carbocycles. The minimum Gasteiger partial charge on any atom is -0.350 e. The maximum Gasteiger partial charge on any atom is 0.158 e. The maximum absolute atomic E-state index is 8.38.